The van der Waals surface area contributed by atoms with Gasteiger partial charge in [-0.25, -0.2) is 0 Å². The van der Waals surface area contributed by atoms with Crippen LogP contribution < -0.4 is 5.73 Å². The lowest BCUT2D eigenvalue weighted by atomic mass is 9.73. The van der Waals surface area contributed by atoms with E-state index < -0.39 is 0 Å². The monoisotopic (exact) mass is 214 g/mol. The van der Waals surface area contributed by atoms with Gasteiger partial charge in [0, 0.05) is 6.61 Å². The Labute approximate surface area is 94.6 Å². The Bertz CT molecular complexity index is 189. The van der Waals surface area contributed by atoms with Crippen molar-refractivity contribution in [1.82, 2.24) is 0 Å². The predicted octanol–water partition coefficient (Wildman–Crippen LogP) is 2.10. The first-order chi connectivity index (χ1) is 6.96. The van der Waals surface area contributed by atoms with Crippen LogP contribution in [-0.2, 0) is 4.74 Å². The molecule has 0 aromatic carbocycles. The van der Waals surface area contributed by atoms with Crippen LogP contribution in [0.15, 0.2) is 0 Å². The molecule has 15 heavy (non-hydrogen) atoms. The average Bonchev–Trinajstić information content (AvgIpc) is 2.11. The van der Waals surface area contributed by atoms with Gasteiger partial charge in [0.05, 0.1) is 12.1 Å². The van der Waals surface area contributed by atoms with Crippen LogP contribution >= 0.6 is 0 Å². The molecule has 0 aromatic rings. The summed E-state index contributed by atoms with van der Waals surface area (Å²) in [6, 6.07) is 0. The van der Waals surface area contributed by atoms with Crippen LogP contribution in [0.3, 0.4) is 0 Å². The maximum absolute atomic E-state index is 5.79. The summed E-state index contributed by atoms with van der Waals surface area (Å²) in [5.41, 5.74) is 4.10. The Balaban J connectivity index is 2.59. The molecule has 1 saturated heterocycles. The summed E-state index contributed by atoms with van der Waals surface area (Å²) in [7, 11) is 0. The third kappa shape index (κ3) is 3.76. The van der Waals surface area contributed by atoms with Crippen molar-refractivity contribution in [3.8, 4) is 0 Å². The first-order valence-electron chi connectivity index (χ1n) is 6.39. The Kier molecular flexibility index (Phi) is 4.60. The molecule has 0 spiro atoms. The van der Waals surface area contributed by atoms with E-state index in [4.69, 9.17) is 4.74 Å². The van der Waals surface area contributed by atoms with Crippen molar-refractivity contribution in [2.45, 2.75) is 52.6 Å². The van der Waals surface area contributed by atoms with Crippen molar-refractivity contribution in [3.63, 3.8) is 0 Å². The Morgan fingerprint density at radius 3 is 2.53 bits per heavy atom. The SMILES string of the molecule is CC(C)[C@H](CC[NH3+])[C@@H]1CCOC(C)(C)C1. The van der Waals surface area contributed by atoms with E-state index in [0.717, 1.165) is 30.9 Å². The standard InChI is InChI=1S/C13H27NO/c1-10(2)12(5-7-14)11-6-8-15-13(3,4)9-11/h10-12H,5-9,14H2,1-4H3/p+1/t11-,12+/m1/s1. The van der Waals surface area contributed by atoms with Gasteiger partial charge in [-0.05, 0) is 50.9 Å². The summed E-state index contributed by atoms with van der Waals surface area (Å²) in [5.74, 6) is 2.46. The van der Waals surface area contributed by atoms with Gasteiger partial charge in [0.2, 0.25) is 0 Å². The maximum atomic E-state index is 5.79. The zero-order chi connectivity index (χ0) is 11.5. The second-order valence-electron chi connectivity index (χ2n) is 5.91. The lowest BCUT2D eigenvalue weighted by molar-refractivity contribution is -0.371. The minimum absolute atomic E-state index is 0.0945. The van der Waals surface area contributed by atoms with Crippen molar-refractivity contribution in [3.05, 3.63) is 0 Å². The topological polar surface area (TPSA) is 36.9 Å². The molecular weight excluding hydrogens is 186 g/mol. The highest BCUT2D eigenvalue weighted by molar-refractivity contribution is 4.83. The van der Waals surface area contributed by atoms with Gasteiger partial charge >= 0.3 is 0 Å². The number of hydrogen-bond donors (Lipinski definition) is 1. The molecule has 2 atom stereocenters. The fraction of sp³-hybridized carbons (Fsp3) is 1.00. The van der Waals surface area contributed by atoms with E-state index in [0.29, 0.717) is 0 Å². The molecule has 1 heterocycles. The zero-order valence-corrected chi connectivity index (χ0v) is 10.9. The smallest absolute Gasteiger partial charge is 0.0742 e. The normalized spacial score (nSPS) is 28.0. The summed E-state index contributed by atoms with van der Waals surface area (Å²) in [5, 5.41) is 0. The van der Waals surface area contributed by atoms with Gasteiger partial charge in [-0.1, -0.05) is 13.8 Å². The number of hydrogen-bond acceptors (Lipinski definition) is 1. The molecule has 1 aliphatic heterocycles. The summed E-state index contributed by atoms with van der Waals surface area (Å²) in [4.78, 5) is 0. The molecule has 0 aromatic heterocycles. The number of quaternary nitrogens is 1. The molecule has 1 fully saturated rings. The minimum atomic E-state index is 0.0945. The largest absolute Gasteiger partial charge is 0.376 e. The summed E-state index contributed by atoms with van der Waals surface area (Å²) in [6.07, 6.45) is 3.74. The van der Waals surface area contributed by atoms with Gasteiger partial charge in [0.15, 0.2) is 0 Å². The second-order valence-corrected chi connectivity index (χ2v) is 5.91. The fourth-order valence-corrected chi connectivity index (χ4v) is 2.99. The third-order valence-electron chi connectivity index (χ3n) is 3.73. The molecule has 0 aliphatic carbocycles. The van der Waals surface area contributed by atoms with E-state index >= 15 is 0 Å². The third-order valence-corrected chi connectivity index (χ3v) is 3.73. The lowest BCUT2D eigenvalue weighted by Gasteiger charge is -2.40. The summed E-state index contributed by atoms with van der Waals surface area (Å²) >= 11 is 0. The van der Waals surface area contributed by atoms with Gasteiger partial charge < -0.3 is 10.5 Å². The highest BCUT2D eigenvalue weighted by Crippen LogP contribution is 2.37. The zero-order valence-electron chi connectivity index (χ0n) is 10.9. The van der Waals surface area contributed by atoms with Crippen LogP contribution in [0.25, 0.3) is 0 Å². The highest BCUT2D eigenvalue weighted by atomic mass is 16.5. The average molecular weight is 214 g/mol. The molecule has 0 unspecified atom stereocenters. The molecule has 90 valence electrons. The Morgan fingerprint density at radius 2 is 2.07 bits per heavy atom. The van der Waals surface area contributed by atoms with Crippen molar-refractivity contribution < 1.29 is 10.5 Å². The summed E-state index contributed by atoms with van der Waals surface area (Å²) in [6.45, 7) is 11.2. The Hall–Kier alpha value is -0.0800. The number of rotatable bonds is 4. The lowest BCUT2D eigenvalue weighted by Crippen LogP contribution is -2.52. The Morgan fingerprint density at radius 1 is 1.40 bits per heavy atom. The molecule has 2 heteroatoms. The quantitative estimate of drug-likeness (QED) is 0.764. The second kappa shape index (κ2) is 5.31. The van der Waals surface area contributed by atoms with E-state index in [9.17, 15) is 0 Å². The molecule has 0 radical (unpaired) electrons. The first kappa shape index (κ1) is 13.0. The van der Waals surface area contributed by atoms with E-state index in [1.807, 2.05) is 0 Å². The van der Waals surface area contributed by atoms with Gasteiger partial charge in [-0.2, -0.15) is 0 Å². The van der Waals surface area contributed by atoms with E-state index in [1.165, 1.54) is 19.3 Å². The van der Waals surface area contributed by atoms with Gasteiger partial charge in [-0.3, -0.25) is 0 Å². The summed E-state index contributed by atoms with van der Waals surface area (Å²) < 4.78 is 5.79. The molecule has 1 aliphatic rings. The van der Waals surface area contributed by atoms with Gasteiger partial charge in [-0.15, -0.1) is 0 Å². The minimum Gasteiger partial charge on any atom is -0.376 e. The van der Waals surface area contributed by atoms with Crippen molar-refractivity contribution in [2.24, 2.45) is 17.8 Å². The van der Waals surface area contributed by atoms with Crippen molar-refractivity contribution in [2.75, 3.05) is 13.2 Å². The molecule has 0 amide bonds. The molecule has 2 nitrogen and oxygen atoms in total. The van der Waals surface area contributed by atoms with E-state index in [2.05, 4.69) is 33.4 Å². The molecule has 3 N–H and O–H groups in total. The first-order valence-corrected chi connectivity index (χ1v) is 6.39. The molecule has 1 rings (SSSR count). The van der Waals surface area contributed by atoms with Crippen LogP contribution in [0.1, 0.15) is 47.0 Å². The van der Waals surface area contributed by atoms with E-state index in [1.54, 1.807) is 0 Å². The van der Waals surface area contributed by atoms with Crippen molar-refractivity contribution >= 4 is 0 Å². The maximum Gasteiger partial charge on any atom is 0.0742 e. The van der Waals surface area contributed by atoms with Crippen molar-refractivity contribution in [1.29, 1.82) is 0 Å². The van der Waals surface area contributed by atoms with E-state index in [-0.39, 0.29) is 5.60 Å². The highest BCUT2D eigenvalue weighted by Gasteiger charge is 2.34. The van der Waals surface area contributed by atoms with Crippen LogP contribution in [0, 0.1) is 17.8 Å². The van der Waals surface area contributed by atoms with Gasteiger partial charge in [0.25, 0.3) is 0 Å². The van der Waals surface area contributed by atoms with Crippen LogP contribution in [0.4, 0.5) is 0 Å². The molecule has 0 saturated carbocycles. The van der Waals surface area contributed by atoms with Crippen LogP contribution in [0.2, 0.25) is 0 Å². The predicted molar refractivity (Wildman–Crippen MR) is 63.5 cm³/mol. The van der Waals surface area contributed by atoms with Crippen LogP contribution in [0.5, 0.6) is 0 Å². The number of ether oxygens (including phenoxy) is 1. The molecular formula is C13H28NO+. The fourth-order valence-electron chi connectivity index (χ4n) is 2.99. The molecule has 0 bridgehead atoms. The van der Waals surface area contributed by atoms with Gasteiger partial charge in [0.1, 0.15) is 0 Å². The van der Waals surface area contributed by atoms with Crippen LogP contribution in [-0.4, -0.2) is 18.8 Å².